The Kier molecular flexibility index (Phi) is 7.57. The molecule has 0 bridgehead atoms. The van der Waals surface area contributed by atoms with E-state index in [2.05, 4.69) is 0 Å². The van der Waals surface area contributed by atoms with Crippen LogP contribution >= 0.6 is 0 Å². The van der Waals surface area contributed by atoms with Crippen LogP contribution in [0.3, 0.4) is 0 Å². The molecule has 2 amide bonds. The Hall–Kier alpha value is -3.00. The highest BCUT2D eigenvalue weighted by Gasteiger charge is 2.26. The standard InChI is InChI=1S/C23H31N3O5/c1-24(2)14-15-25(3)22(27)17-6-5-7-19(16-17)30-18-10-12-26(13-11-18)23(28)20-8-9-21(29-4)31-20/h5-9,16,18H,10-15H2,1-4H3. The van der Waals surface area contributed by atoms with Gasteiger partial charge in [0.05, 0.1) is 7.11 Å². The monoisotopic (exact) mass is 429 g/mol. The summed E-state index contributed by atoms with van der Waals surface area (Å²) in [5, 5.41) is 0. The van der Waals surface area contributed by atoms with Gasteiger partial charge < -0.3 is 28.6 Å². The number of likely N-dealkylation sites (tertiary alicyclic amines) is 1. The fraction of sp³-hybridized carbons (Fsp3) is 0.478. The van der Waals surface area contributed by atoms with Gasteiger partial charge in [-0.3, -0.25) is 9.59 Å². The molecule has 8 nitrogen and oxygen atoms in total. The normalized spacial score (nSPS) is 14.5. The first-order valence-electron chi connectivity index (χ1n) is 10.5. The minimum Gasteiger partial charge on any atom is -0.490 e. The van der Waals surface area contributed by atoms with Crippen LogP contribution in [0.2, 0.25) is 0 Å². The smallest absolute Gasteiger partial charge is 0.289 e. The van der Waals surface area contributed by atoms with Crippen LogP contribution in [0.1, 0.15) is 33.8 Å². The van der Waals surface area contributed by atoms with Gasteiger partial charge in [0, 0.05) is 57.7 Å². The van der Waals surface area contributed by atoms with Gasteiger partial charge in [0.15, 0.2) is 5.76 Å². The molecule has 0 N–H and O–H groups in total. The number of benzene rings is 1. The maximum Gasteiger partial charge on any atom is 0.289 e. The Balaban J connectivity index is 1.53. The van der Waals surface area contributed by atoms with Gasteiger partial charge >= 0.3 is 0 Å². The average Bonchev–Trinajstić information content (AvgIpc) is 3.26. The molecule has 3 rings (SSSR count). The summed E-state index contributed by atoms with van der Waals surface area (Å²) in [6.45, 7) is 2.63. The van der Waals surface area contributed by atoms with Crippen LogP contribution in [0.15, 0.2) is 40.8 Å². The Morgan fingerprint density at radius 2 is 1.84 bits per heavy atom. The van der Waals surface area contributed by atoms with Gasteiger partial charge in [0.25, 0.3) is 17.8 Å². The SMILES string of the molecule is COc1ccc(C(=O)N2CCC(Oc3cccc(C(=O)N(C)CCN(C)C)c3)CC2)o1. The zero-order chi connectivity index (χ0) is 22.4. The van der Waals surface area contributed by atoms with E-state index < -0.39 is 0 Å². The van der Waals surface area contributed by atoms with Gasteiger partial charge in [-0.25, -0.2) is 0 Å². The van der Waals surface area contributed by atoms with Crippen molar-refractivity contribution in [2.75, 3.05) is 54.4 Å². The number of furan rings is 1. The van der Waals surface area contributed by atoms with Crippen LogP contribution in [-0.2, 0) is 0 Å². The Labute approximate surface area is 183 Å². The number of ether oxygens (including phenoxy) is 2. The number of nitrogens with zero attached hydrogens (tertiary/aromatic N) is 3. The predicted octanol–water partition coefficient (Wildman–Crippen LogP) is 2.61. The number of hydrogen-bond acceptors (Lipinski definition) is 6. The summed E-state index contributed by atoms with van der Waals surface area (Å²) in [5.74, 6) is 1.10. The highest BCUT2D eigenvalue weighted by atomic mass is 16.6. The van der Waals surface area contributed by atoms with Gasteiger partial charge in [-0.05, 0) is 38.4 Å². The number of amides is 2. The third-order valence-corrected chi connectivity index (χ3v) is 5.34. The minimum atomic E-state index is -0.143. The molecule has 0 aliphatic carbocycles. The first-order chi connectivity index (χ1) is 14.9. The molecule has 1 aliphatic heterocycles. The number of rotatable bonds is 8. The third-order valence-electron chi connectivity index (χ3n) is 5.34. The molecule has 8 heteroatoms. The van der Waals surface area contributed by atoms with Crippen molar-refractivity contribution in [2.24, 2.45) is 0 Å². The second kappa shape index (κ2) is 10.3. The number of methoxy groups -OCH3 is 1. The Morgan fingerprint density at radius 1 is 1.10 bits per heavy atom. The van der Waals surface area contributed by atoms with Crippen LogP contribution in [0.4, 0.5) is 0 Å². The van der Waals surface area contributed by atoms with E-state index >= 15 is 0 Å². The minimum absolute atomic E-state index is 0.00740. The molecule has 0 saturated carbocycles. The molecule has 0 unspecified atom stereocenters. The number of piperidine rings is 1. The first-order valence-corrected chi connectivity index (χ1v) is 10.5. The van der Waals surface area contributed by atoms with E-state index in [1.165, 1.54) is 7.11 Å². The van der Waals surface area contributed by atoms with E-state index in [-0.39, 0.29) is 23.7 Å². The summed E-state index contributed by atoms with van der Waals surface area (Å²) in [6, 6.07) is 10.6. The zero-order valence-corrected chi connectivity index (χ0v) is 18.7. The molecular formula is C23H31N3O5. The van der Waals surface area contributed by atoms with Gasteiger partial charge in [0.2, 0.25) is 0 Å². The van der Waals surface area contributed by atoms with Gasteiger partial charge in [-0.15, -0.1) is 0 Å². The van der Waals surface area contributed by atoms with E-state index in [9.17, 15) is 9.59 Å². The molecule has 1 aliphatic rings. The molecule has 1 fully saturated rings. The molecule has 31 heavy (non-hydrogen) atoms. The Morgan fingerprint density at radius 3 is 2.48 bits per heavy atom. The molecule has 0 atom stereocenters. The van der Waals surface area contributed by atoms with Crippen LogP contribution < -0.4 is 9.47 Å². The maximum atomic E-state index is 12.7. The lowest BCUT2D eigenvalue weighted by Crippen LogP contribution is -2.41. The second-order valence-electron chi connectivity index (χ2n) is 7.99. The predicted molar refractivity (Wildman–Crippen MR) is 117 cm³/mol. The van der Waals surface area contributed by atoms with Crippen molar-refractivity contribution in [2.45, 2.75) is 18.9 Å². The number of carbonyl (C=O) groups is 2. The van der Waals surface area contributed by atoms with Crippen molar-refractivity contribution in [3.05, 3.63) is 47.7 Å². The van der Waals surface area contributed by atoms with Crippen molar-refractivity contribution in [3.63, 3.8) is 0 Å². The van der Waals surface area contributed by atoms with Gasteiger partial charge in [0.1, 0.15) is 11.9 Å². The molecule has 1 aromatic carbocycles. The molecule has 1 aromatic heterocycles. The number of likely N-dealkylation sites (N-methyl/N-ethyl adjacent to an activating group) is 2. The molecule has 2 heterocycles. The molecule has 1 saturated heterocycles. The van der Waals surface area contributed by atoms with Gasteiger partial charge in [-0.1, -0.05) is 6.07 Å². The van der Waals surface area contributed by atoms with E-state index in [4.69, 9.17) is 13.9 Å². The fourth-order valence-corrected chi connectivity index (χ4v) is 3.44. The third kappa shape index (κ3) is 6.01. The lowest BCUT2D eigenvalue weighted by molar-refractivity contribution is 0.0560. The van der Waals surface area contributed by atoms with Crippen molar-refractivity contribution in [1.29, 1.82) is 0 Å². The average molecular weight is 430 g/mol. The summed E-state index contributed by atoms with van der Waals surface area (Å²) in [5.41, 5.74) is 0.609. The van der Waals surface area contributed by atoms with E-state index in [0.717, 1.165) is 6.54 Å². The zero-order valence-electron chi connectivity index (χ0n) is 18.7. The van der Waals surface area contributed by atoms with Gasteiger partial charge in [-0.2, -0.15) is 0 Å². The molecule has 168 valence electrons. The summed E-state index contributed by atoms with van der Waals surface area (Å²) < 4.78 is 16.5. The summed E-state index contributed by atoms with van der Waals surface area (Å²) >= 11 is 0. The van der Waals surface area contributed by atoms with Crippen molar-refractivity contribution in [1.82, 2.24) is 14.7 Å². The van der Waals surface area contributed by atoms with E-state index in [0.29, 0.717) is 49.7 Å². The summed E-state index contributed by atoms with van der Waals surface area (Å²) in [4.78, 5) is 30.8. The Bertz CT molecular complexity index is 887. The maximum absolute atomic E-state index is 12.7. The molecule has 0 spiro atoms. The highest BCUT2D eigenvalue weighted by Crippen LogP contribution is 2.23. The van der Waals surface area contributed by atoms with Crippen LogP contribution in [0.5, 0.6) is 11.7 Å². The van der Waals surface area contributed by atoms with Crippen molar-refractivity contribution in [3.8, 4) is 11.7 Å². The van der Waals surface area contributed by atoms with E-state index in [1.54, 1.807) is 41.1 Å². The molecule has 2 aromatic rings. The van der Waals surface area contributed by atoms with Crippen LogP contribution in [0.25, 0.3) is 0 Å². The lowest BCUT2D eigenvalue weighted by atomic mass is 10.1. The lowest BCUT2D eigenvalue weighted by Gasteiger charge is -2.31. The first kappa shape index (κ1) is 22.7. The highest BCUT2D eigenvalue weighted by molar-refractivity contribution is 5.94. The van der Waals surface area contributed by atoms with Crippen molar-refractivity contribution >= 4 is 11.8 Å². The quantitative estimate of drug-likeness (QED) is 0.642. The topological polar surface area (TPSA) is 75.5 Å². The number of hydrogen-bond donors (Lipinski definition) is 0. The second-order valence-corrected chi connectivity index (χ2v) is 7.99. The molecular weight excluding hydrogens is 398 g/mol. The number of carbonyl (C=O) groups excluding carboxylic acids is 2. The summed E-state index contributed by atoms with van der Waals surface area (Å²) in [6.07, 6.45) is 1.42. The largest absolute Gasteiger partial charge is 0.490 e. The van der Waals surface area contributed by atoms with Crippen LogP contribution in [0, 0.1) is 0 Å². The van der Waals surface area contributed by atoms with Crippen molar-refractivity contribution < 1.29 is 23.5 Å². The van der Waals surface area contributed by atoms with E-state index in [1.807, 2.05) is 31.1 Å². The summed E-state index contributed by atoms with van der Waals surface area (Å²) in [7, 11) is 7.27. The fourth-order valence-electron chi connectivity index (χ4n) is 3.44. The molecule has 0 radical (unpaired) electrons. The van der Waals surface area contributed by atoms with Crippen LogP contribution in [-0.4, -0.2) is 87.0 Å².